The number of hydrogen-bond donors (Lipinski definition) is 1. The fourth-order valence-electron chi connectivity index (χ4n) is 1.43. The van der Waals surface area contributed by atoms with Gasteiger partial charge in [0.2, 0.25) is 0 Å². The first-order chi connectivity index (χ1) is 7.66. The van der Waals surface area contributed by atoms with Crippen molar-refractivity contribution in [1.29, 1.82) is 0 Å². The molecule has 0 saturated carbocycles. The van der Waals surface area contributed by atoms with E-state index in [0.29, 0.717) is 5.56 Å². The normalized spacial score (nSPS) is 10.1. The highest BCUT2D eigenvalue weighted by Gasteiger charge is 2.10. The van der Waals surface area contributed by atoms with Crippen LogP contribution in [0.15, 0.2) is 29.6 Å². The lowest BCUT2D eigenvalue weighted by molar-refractivity contribution is 0.102. The summed E-state index contributed by atoms with van der Waals surface area (Å²) in [5.41, 5.74) is 3.36. The first-order valence-electron chi connectivity index (χ1n) is 4.96. The van der Waals surface area contributed by atoms with E-state index in [0.717, 1.165) is 16.9 Å². The van der Waals surface area contributed by atoms with Gasteiger partial charge in [-0.1, -0.05) is 12.1 Å². The van der Waals surface area contributed by atoms with Crippen LogP contribution in [0.4, 0.5) is 5.69 Å². The predicted octanol–water partition coefficient (Wildman–Crippen LogP) is 3.01. The van der Waals surface area contributed by atoms with E-state index in [9.17, 15) is 4.79 Å². The third kappa shape index (κ3) is 2.28. The van der Waals surface area contributed by atoms with Gasteiger partial charge in [0, 0.05) is 11.1 Å². The van der Waals surface area contributed by atoms with Crippen molar-refractivity contribution in [3.8, 4) is 0 Å². The minimum atomic E-state index is -0.100. The molecule has 16 heavy (non-hydrogen) atoms. The molecular weight excluding hydrogens is 220 g/mol. The summed E-state index contributed by atoms with van der Waals surface area (Å²) in [7, 11) is 0. The maximum absolute atomic E-state index is 11.9. The van der Waals surface area contributed by atoms with Crippen molar-refractivity contribution in [3.63, 3.8) is 0 Å². The summed E-state index contributed by atoms with van der Waals surface area (Å²) in [5.74, 6) is -0.100. The van der Waals surface area contributed by atoms with Crippen LogP contribution in [-0.2, 0) is 0 Å². The highest BCUT2D eigenvalue weighted by molar-refractivity contribution is 7.04. The van der Waals surface area contributed by atoms with Gasteiger partial charge in [-0.25, -0.2) is 0 Å². The number of rotatable bonds is 2. The number of aromatic nitrogens is 1. The Balaban J connectivity index is 2.17. The van der Waals surface area contributed by atoms with Crippen LogP contribution in [0.25, 0.3) is 0 Å². The molecule has 3 nitrogen and oxygen atoms in total. The van der Waals surface area contributed by atoms with Gasteiger partial charge in [0.25, 0.3) is 5.91 Å². The van der Waals surface area contributed by atoms with Crippen LogP contribution in [0.2, 0.25) is 0 Å². The number of nitrogens with one attached hydrogen (secondary N) is 1. The molecule has 2 rings (SSSR count). The Morgan fingerprint density at radius 3 is 2.81 bits per heavy atom. The van der Waals surface area contributed by atoms with E-state index in [2.05, 4.69) is 9.69 Å². The number of anilines is 1. The second-order valence-electron chi connectivity index (χ2n) is 3.64. The molecular formula is C12H12N2OS. The number of amides is 1. The molecule has 0 aliphatic heterocycles. The zero-order valence-electron chi connectivity index (χ0n) is 9.15. The number of nitrogens with zero attached hydrogens (tertiary/aromatic N) is 1. The molecule has 1 amide bonds. The molecule has 0 atom stereocenters. The molecule has 0 saturated heterocycles. The molecule has 0 radical (unpaired) electrons. The van der Waals surface area contributed by atoms with Crippen LogP contribution < -0.4 is 5.32 Å². The molecule has 1 heterocycles. The molecule has 1 aromatic heterocycles. The summed E-state index contributed by atoms with van der Waals surface area (Å²) < 4.78 is 4.08. The standard InChI is InChI=1S/C12H12N2OS/c1-8-4-3-5-10(6-8)13-12(15)11-7-16-14-9(11)2/h3-7H,1-2H3,(H,13,15). The monoisotopic (exact) mass is 232 g/mol. The predicted molar refractivity (Wildman–Crippen MR) is 66.0 cm³/mol. The quantitative estimate of drug-likeness (QED) is 0.864. The molecule has 0 aliphatic rings. The summed E-state index contributed by atoms with van der Waals surface area (Å²) in [6.45, 7) is 3.83. The lowest BCUT2D eigenvalue weighted by Crippen LogP contribution is -2.12. The second kappa shape index (κ2) is 4.45. The van der Waals surface area contributed by atoms with Gasteiger partial charge in [-0.05, 0) is 43.1 Å². The topological polar surface area (TPSA) is 42.0 Å². The minimum absolute atomic E-state index is 0.100. The molecule has 0 spiro atoms. The van der Waals surface area contributed by atoms with E-state index >= 15 is 0 Å². The van der Waals surface area contributed by atoms with Gasteiger partial charge in [0.05, 0.1) is 11.3 Å². The molecule has 2 aromatic rings. The summed E-state index contributed by atoms with van der Waals surface area (Å²) in [6.07, 6.45) is 0. The van der Waals surface area contributed by atoms with E-state index in [1.54, 1.807) is 5.38 Å². The fourth-order valence-corrected chi connectivity index (χ4v) is 2.12. The third-order valence-corrected chi connectivity index (χ3v) is 2.99. The Labute approximate surface area is 98.3 Å². The average Bonchev–Trinajstić information content (AvgIpc) is 2.64. The van der Waals surface area contributed by atoms with Crippen molar-refractivity contribution in [1.82, 2.24) is 4.37 Å². The van der Waals surface area contributed by atoms with Crippen molar-refractivity contribution < 1.29 is 4.79 Å². The largest absolute Gasteiger partial charge is 0.322 e. The molecule has 0 aliphatic carbocycles. The summed E-state index contributed by atoms with van der Waals surface area (Å²) in [6, 6.07) is 7.73. The number of carbonyl (C=O) groups excluding carboxylic acids is 1. The van der Waals surface area contributed by atoms with Crippen LogP contribution in [0.1, 0.15) is 21.6 Å². The van der Waals surface area contributed by atoms with Crippen LogP contribution in [0, 0.1) is 13.8 Å². The molecule has 1 N–H and O–H groups in total. The molecule has 82 valence electrons. The number of benzene rings is 1. The molecule has 0 unspecified atom stereocenters. The lowest BCUT2D eigenvalue weighted by atomic mass is 10.2. The Bertz CT molecular complexity index is 519. The Kier molecular flexibility index (Phi) is 3.01. The van der Waals surface area contributed by atoms with Gasteiger partial charge in [-0.15, -0.1) is 0 Å². The van der Waals surface area contributed by atoms with E-state index in [-0.39, 0.29) is 5.91 Å². The maximum atomic E-state index is 11.9. The molecule has 0 fully saturated rings. The summed E-state index contributed by atoms with van der Waals surface area (Å²) in [4.78, 5) is 11.9. The fraction of sp³-hybridized carbons (Fsp3) is 0.167. The number of hydrogen-bond acceptors (Lipinski definition) is 3. The Morgan fingerprint density at radius 1 is 1.38 bits per heavy atom. The van der Waals surface area contributed by atoms with Gasteiger partial charge >= 0.3 is 0 Å². The maximum Gasteiger partial charge on any atom is 0.258 e. The number of aryl methyl sites for hydroxylation is 2. The van der Waals surface area contributed by atoms with E-state index in [1.165, 1.54) is 11.5 Å². The van der Waals surface area contributed by atoms with Crippen molar-refractivity contribution in [2.75, 3.05) is 5.32 Å². The number of carbonyl (C=O) groups is 1. The Hall–Kier alpha value is -1.68. The Morgan fingerprint density at radius 2 is 2.19 bits per heavy atom. The van der Waals surface area contributed by atoms with E-state index in [4.69, 9.17) is 0 Å². The summed E-state index contributed by atoms with van der Waals surface area (Å²) in [5, 5.41) is 4.62. The molecule has 4 heteroatoms. The van der Waals surface area contributed by atoms with Crippen LogP contribution in [0.5, 0.6) is 0 Å². The highest BCUT2D eigenvalue weighted by atomic mass is 32.1. The van der Waals surface area contributed by atoms with Crippen molar-refractivity contribution in [2.24, 2.45) is 0 Å². The van der Waals surface area contributed by atoms with Crippen molar-refractivity contribution in [3.05, 3.63) is 46.5 Å². The third-order valence-electron chi connectivity index (χ3n) is 2.27. The molecule has 1 aromatic carbocycles. The van der Waals surface area contributed by atoms with Gasteiger partial charge < -0.3 is 5.32 Å². The first-order valence-corrected chi connectivity index (χ1v) is 5.79. The van der Waals surface area contributed by atoms with Crippen LogP contribution >= 0.6 is 11.5 Å². The highest BCUT2D eigenvalue weighted by Crippen LogP contribution is 2.14. The lowest BCUT2D eigenvalue weighted by Gasteiger charge is -2.04. The van der Waals surface area contributed by atoms with Crippen molar-refractivity contribution in [2.45, 2.75) is 13.8 Å². The molecule has 0 bridgehead atoms. The second-order valence-corrected chi connectivity index (χ2v) is 4.27. The zero-order chi connectivity index (χ0) is 11.5. The van der Waals surface area contributed by atoms with Gasteiger partial charge in [0.1, 0.15) is 0 Å². The summed E-state index contributed by atoms with van der Waals surface area (Å²) >= 11 is 1.30. The van der Waals surface area contributed by atoms with Gasteiger partial charge in [0.15, 0.2) is 0 Å². The minimum Gasteiger partial charge on any atom is -0.322 e. The van der Waals surface area contributed by atoms with Crippen molar-refractivity contribution >= 4 is 23.1 Å². The van der Waals surface area contributed by atoms with E-state index in [1.807, 2.05) is 38.1 Å². The van der Waals surface area contributed by atoms with E-state index < -0.39 is 0 Å². The van der Waals surface area contributed by atoms with Crippen LogP contribution in [0.3, 0.4) is 0 Å². The van der Waals surface area contributed by atoms with Gasteiger partial charge in [-0.3, -0.25) is 4.79 Å². The zero-order valence-corrected chi connectivity index (χ0v) is 9.97. The first kappa shape index (κ1) is 10.8. The van der Waals surface area contributed by atoms with Gasteiger partial charge in [-0.2, -0.15) is 4.37 Å². The SMILES string of the molecule is Cc1cccc(NC(=O)c2csnc2C)c1. The average molecular weight is 232 g/mol. The smallest absolute Gasteiger partial charge is 0.258 e. The van der Waals surface area contributed by atoms with Crippen LogP contribution in [-0.4, -0.2) is 10.3 Å².